The van der Waals surface area contributed by atoms with Crippen molar-refractivity contribution in [1.82, 2.24) is 0 Å². The van der Waals surface area contributed by atoms with Crippen LogP contribution in [0.1, 0.15) is 11.1 Å². The summed E-state index contributed by atoms with van der Waals surface area (Å²) in [6, 6.07) is 20.3. The van der Waals surface area contributed by atoms with Crippen LogP contribution in [0.3, 0.4) is 0 Å². The van der Waals surface area contributed by atoms with Gasteiger partial charge in [0.1, 0.15) is 0 Å². The maximum atomic E-state index is 13.0. The highest BCUT2D eigenvalue weighted by atomic mass is 32.2. The minimum atomic E-state index is -1.05. The summed E-state index contributed by atoms with van der Waals surface area (Å²) in [6.45, 7) is 0. The van der Waals surface area contributed by atoms with Crippen LogP contribution in [0.2, 0.25) is 0 Å². The molecule has 0 radical (unpaired) electrons. The Bertz CT molecular complexity index is 915. The van der Waals surface area contributed by atoms with Crippen LogP contribution in [-0.2, 0) is 21.6 Å². The normalized spacial score (nSPS) is 36.3. The molecule has 0 N–H and O–H groups in total. The summed E-state index contributed by atoms with van der Waals surface area (Å²) in [4.78, 5) is 0. The van der Waals surface area contributed by atoms with Crippen molar-refractivity contribution in [1.29, 1.82) is 0 Å². The van der Waals surface area contributed by atoms with Crippen LogP contribution in [0, 0.1) is 5.92 Å². The molecule has 1 fully saturated rings. The molecule has 3 aliphatic rings. The fourth-order valence-electron chi connectivity index (χ4n) is 4.26. The Morgan fingerprint density at radius 1 is 0.750 bits per heavy atom. The summed E-state index contributed by atoms with van der Waals surface area (Å²) in [5, 5.41) is 1.75. The van der Waals surface area contributed by atoms with E-state index >= 15 is 0 Å². The Morgan fingerprint density at radius 3 is 1.96 bits per heavy atom. The first-order chi connectivity index (χ1) is 11.8. The predicted octanol–water partition coefficient (Wildman–Crippen LogP) is 3.37. The van der Waals surface area contributed by atoms with Crippen molar-refractivity contribution in [3.63, 3.8) is 0 Å². The molecule has 3 heterocycles. The van der Waals surface area contributed by atoms with E-state index in [2.05, 4.69) is 30.3 Å². The average Bonchev–Trinajstić information content (AvgIpc) is 3.24. The molecule has 5 rings (SSSR count). The smallest absolute Gasteiger partial charge is 0.0693 e. The van der Waals surface area contributed by atoms with Gasteiger partial charge in [-0.3, -0.25) is 8.42 Å². The SMILES string of the molecule is O=S1C=C(c2ccccc2)[C@H]2[C@@H]1[C@H]1C=C(c3ccccc3)[C@@H]2S1=O. The highest BCUT2D eigenvalue weighted by Gasteiger charge is 2.59. The van der Waals surface area contributed by atoms with Gasteiger partial charge in [-0.05, 0) is 22.3 Å². The van der Waals surface area contributed by atoms with Gasteiger partial charge in [-0.1, -0.05) is 66.7 Å². The van der Waals surface area contributed by atoms with E-state index in [1.807, 2.05) is 41.8 Å². The van der Waals surface area contributed by atoms with Crippen molar-refractivity contribution in [3.8, 4) is 0 Å². The Labute approximate surface area is 146 Å². The molecule has 2 nitrogen and oxygen atoms in total. The minimum absolute atomic E-state index is 0.0292. The lowest BCUT2D eigenvalue weighted by Gasteiger charge is -2.25. The quantitative estimate of drug-likeness (QED) is 0.830. The molecule has 3 aliphatic heterocycles. The third-order valence-electron chi connectivity index (χ3n) is 5.26. The van der Waals surface area contributed by atoms with E-state index in [-0.39, 0.29) is 21.7 Å². The minimum Gasteiger partial charge on any atom is -0.258 e. The van der Waals surface area contributed by atoms with E-state index in [0.29, 0.717) is 0 Å². The molecule has 0 spiro atoms. The number of allylic oxidation sites excluding steroid dienone is 1. The van der Waals surface area contributed by atoms with Crippen molar-refractivity contribution >= 4 is 32.7 Å². The van der Waals surface area contributed by atoms with E-state index in [0.717, 1.165) is 16.7 Å². The molecule has 4 heteroatoms. The fraction of sp³-hybridized carbons (Fsp3) is 0.200. The largest absolute Gasteiger partial charge is 0.258 e. The average molecular weight is 352 g/mol. The van der Waals surface area contributed by atoms with Crippen molar-refractivity contribution < 1.29 is 8.42 Å². The number of fused-ring (bicyclic) bond motifs is 5. The second kappa shape index (κ2) is 5.36. The Hall–Kier alpha value is -1.78. The maximum Gasteiger partial charge on any atom is 0.0693 e. The van der Waals surface area contributed by atoms with E-state index in [4.69, 9.17) is 0 Å². The second-order valence-electron chi connectivity index (χ2n) is 6.46. The molecule has 6 atom stereocenters. The number of benzene rings is 2. The fourth-order valence-corrected chi connectivity index (χ4v) is 8.77. The Kier molecular flexibility index (Phi) is 3.25. The van der Waals surface area contributed by atoms with Crippen LogP contribution in [0.4, 0.5) is 0 Å². The van der Waals surface area contributed by atoms with Gasteiger partial charge in [-0.15, -0.1) is 0 Å². The van der Waals surface area contributed by atoms with E-state index < -0.39 is 21.6 Å². The maximum absolute atomic E-state index is 13.0. The van der Waals surface area contributed by atoms with Gasteiger partial charge in [0.05, 0.1) is 26.5 Å². The van der Waals surface area contributed by atoms with Crippen LogP contribution in [0.25, 0.3) is 11.1 Å². The predicted molar refractivity (Wildman–Crippen MR) is 100.0 cm³/mol. The number of rotatable bonds is 2. The topological polar surface area (TPSA) is 34.1 Å². The Morgan fingerprint density at radius 2 is 1.33 bits per heavy atom. The van der Waals surface area contributed by atoms with Crippen molar-refractivity contribution in [2.24, 2.45) is 5.92 Å². The molecule has 24 heavy (non-hydrogen) atoms. The molecule has 2 aromatic carbocycles. The summed E-state index contributed by atoms with van der Waals surface area (Å²) >= 11 is 0. The molecule has 2 aromatic rings. The van der Waals surface area contributed by atoms with Gasteiger partial charge in [-0.2, -0.15) is 0 Å². The third kappa shape index (κ3) is 1.93. The van der Waals surface area contributed by atoms with Crippen LogP contribution in [0.5, 0.6) is 0 Å². The summed E-state index contributed by atoms with van der Waals surface area (Å²) in [5.41, 5.74) is 4.53. The first kappa shape index (κ1) is 14.6. The van der Waals surface area contributed by atoms with Gasteiger partial charge in [0.2, 0.25) is 0 Å². The lowest BCUT2D eigenvalue weighted by molar-refractivity contribution is 0.645. The second-order valence-corrected chi connectivity index (χ2v) is 9.61. The lowest BCUT2D eigenvalue weighted by atomic mass is 9.79. The van der Waals surface area contributed by atoms with Gasteiger partial charge in [0.25, 0.3) is 0 Å². The molecule has 0 saturated carbocycles. The third-order valence-corrected chi connectivity index (χ3v) is 9.05. The summed E-state index contributed by atoms with van der Waals surface area (Å²) in [5.74, 6) is 0.0965. The standard InChI is InChI=1S/C20H16O2S2/c21-23-12-16(14-9-5-2-6-10-14)18-19-15(13-7-3-1-4-8-13)11-17(20(18)23)24(19)22/h1-12,17-20H/t17-,18-,19+,20+,23?,24?/m1/s1. The van der Waals surface area contributed by atoms with Gasteiger partial charge in [0, 0.05) is 22.1 Å². The van der Waals surface area contributed by atoms with E-state index in [1.165, 1.54) is 5.57 Å². The lowest BCUT2D eigenvalue weighted by Crippen LogP contribution is -2.30. The van der Waals surface area contributed by atoms with Crippen LogP contribution >= 0.6 is 0 Å². The van der Waals surface area contributed by atoms with Gasteiger partial charge < -0.3 is 0 Å². The zero-order valence-corrected chi connectivity index (χ0v) is 14.5. The van der Waals surface area contributed by atoms with Crippen molar-refractivity contribution in [2.45, 2.75) is 15.7 Å². The highest BCUT2D eigenvalue weighted by molar-refractivity contribution is 7.93. The molecule has 0 aromatic heterocycles. The molecular weight excluding hydrogens is 336 g/mol. The molecule has 0 amide bonds. The highest BCUT2D eigenvalue weighted by Crippen LogP contribution is 2.55. The zero-order valence-electron chi connectivity index (χ0n) is 12.9. The summed E-state index contributed by atoms with van der Waals surface area (Å²) in [7, 11) is -2.03. The van der Waals surface area contributed by atoms with Gasteiger partial charge >= 0.3 is 0 Å². The van der Waals surface area contributed by atoms with Crippen LogP contribution < -0.4 is 0 Å². The number of hydrogen-bond acceptors (Lipinski definition) is 2. The van der Waals surface area contributed by atoms with Crippen molar-refractivity contribution in [3.05, 3.63) is 83.3 Å². The monoisotopic (exact) mass is 352 g/mol. The molecular formula is C20H16O2S2. The molecule has 2 unspecified atom stereocenters. The summed E-state index contributed by atoms with van der Waals surface area (Å²) in [6.07, 6.45) is 2.12. The molecule has 2 bridgehead atoms. The van der Waals surface area contributed by atoms with Gasteiger partial charge in [0.15, 0.2) is 0 Å². The van der Waals surface area contributed by atoms with E-state index in [9.17, 15) is 8.42 Å². The zero-order chi connectivity index (χ0) is 16.3. The van der Waals surface area contributed by atoms with E-state index in [1.54, 1.807) is 0 Å². The van der Waals surface area contributed by atoms with Crippen LogP contribution in [0.15, 0.2) is 72.1 Å². The first-order valence-corrected chi connectivity index (χ1v) is 10.6. The number of hydrogen-bond donors (Lipinski definition) is 0. The Balaban J connectivity index is 1.63. The van der Waals surface area contributed by atoms with Gasteiger partial charge in [-0.25, -0.2) is 0 Å². The molecule has 1 saturated heterocycles. The molecule has 0 aliphatic carbocycles. The first-order valence-electron chi connectivity index (χ1n) is 8.09. The van der Waals surface area contributed by atoms with Crippen LogP contribution in [-0.4, -0.2) is 24.2 Å². The molecule has 120 valence electrons. The van der Waals surface area contributed by atoms with Crippen molar-refractivity contribution in [2.75, 3.05) is 0 Å². The summed E-state index contributed by atoms with van der Waals surface area (Å²) < 4.78 is 25.7.